The summed E-state index contributed by atoms with van der Waals surface area (Å²) >= 11 is 3.44. The lowest BCUT2D eigenvalue weighted by Crippen LogP contribution is -1.96. The van der Waals surface area contributed by atoms with Crippen molar-refractivity contribution in [2.75, 3.05) is 6.61 Å². The van der Waals surface area contributed by atoms with E-state index in [1.54, 1.807) is 0 Å². The van der Waals surface area contributed by atoms with Gasteiger partial charge in [-0.1, -0.05) is 35.0 Å². The van der Waals surface area contributed by atoms with Crippen LogP contribution in [0.1, 0.15) is 25.0 Å². The molecule has 0 amide bonds. The third kappa shape index (κ3) is 2.73. The first-order valence-electron chi connectivity index (χ1n) is 4.62. The molecule has 0 unspecified atom stereocenters. The average Bonchev–Trinajstić information content (AvgIpc) is 2.19. The van der Waals surface area contributed by atoms with Crippen molar-refractivity contribution in [1.29, 1.82) is 0 Å². The highest BCUT2D eigenvalue weighted by Crippen LogP contribution is 2.21. The molecule has 0 bridgehead atoms. The molecule has 0 fully saturated rings. The molecule has 0 aliphatic carbocycles. The Hall–Kier alpha value is -0.500. The Bertz CT molecular complexity index is 271. The number of aryl methyl sites for hydroxylation is 1. The molecule has 0 saturated heterocycles. The van der Waals surface area contributed by atoms with E-state index < -0.39 is 0 Å². The molecule has 0 atom stereocenters. The summed E-state index contributed by atoms with van der Waals surface area (Å²) in [6, 6.07) is 6.34. The van der Waals surface area contributed by atoms with Crippen molar-refractivity contribution >= 4 is 15.9 Å². The molecule has 13 heavy (non-hydrogen) atoms. The van der Waals surface area contributed by atoms with Crippen LogP contribution in [0.25, 0.3) is 0 Å². The molecule has 1 aromatic rings. The number of hydrogen-bond donors (Lipinski definition) is 0. The minimum Gasteiger partial charge on any atom is -0.494 e. The Morgan fingerprint density at radius 2 is 2.08 bits per heavy atom. The van der Waals surface area contributed by atoms with Crippen LogP contribution >= 0.6 is 15.9 Å². The zero-order valence-electron chi connectivity index (χ0n) is 8.14. The van der Waals surface area contributed by atoms with Crippen LogP contribution < -0.4 is 4.74 Å². The highest BCUT2D eigenvalue weighted by Gasteiger charge is 2.01. The second-order valence-corrected chi connectivity index (χ2v) is 3.42. The van der Waals surface area contributed by atoms with E-state index >= 15 is 0 Å². The predicted octanol–water partition coefficient (Wildman–Crippen LogP) is 3.54. The molecule has 0 N–H and O–H groups in total. The summed E-state index contributed by atoms with van der Waals surface area (Å²) in [4.78, 5) is 0. The molecular formula is C11H15BrO. The van der Waals surface area contributed by atoms with Crippen molar-refractivity contribution in [2.45, 2.75) is 25.6 Å². The zero-order chi connectivity index (χ0) is 9.68. The summed E-state index contributed by atoms with van der Waals surface area (Å²) in [5, 5.41) is 0.909. The molecule has 72 valence electrons. The number of hydrogen-bond acceptors (Lipinski definition) is 1. The third-order valence-electron chi connectivity index (χ3n) is 1.96. The van der Waals surface area contributed by atoms with Crippen molar-refractivity contribution in [1.82, 2.24) is 0 Å². The van der Waals surface area contributed by atoms with E-state index in [4.69, 9.17) is 4.74 Å². The van der Waals surface area contributed by atoms with E-state index in [1.165, 1.54) is 11.1 Å². The highest BCUT2D eigenvalue weighted by molar-refractivity contribution is 9.08. The standard InChI is InChI=1S/C11H15BrO/c1-3-10-7-9(8-12)5-6-11(10)13-4-2/h5-7H,3-4,8H2,1-2H3. The van der Waals surface area contributed by atoms with Crippen molar-refractivity contribution in [3.63, 3.8) is 0 Å². The zero-order valence-corrected chi connectivity index (χ0v) is 9.73. The molecule has 1 aromatic carbocycles. The fourth-order valence-electron chi connectivity index (χ4n) is 1.29. The topological polar surface area (TPSA) is 9.23 Å². The fraction of sp³-hybridized carbons (Fsp3) is 0.455. The highest BCUT2D eigenvalue weighted by atomic mass is 79.9. The van der Waals surface area contributed by atoms with Gasteiger partial charge in [-0.05, 0) is 30.5 Å². The summed E-state index contributed by atoms with van der Waals surface area (Å²) in [6.45, 7) is 4.90. The van der Waals surface area contributed by atoms with Gasteiger partial charge in [0.2, 0.25) is 0 Å². The Balaban J connectivity index is 2.93. The number of rotatable bonds is 4. The summed E-state index contributed by atoms with van der Waals surface area (Å²) in [6.07, 6.45) is 1.02. The maximum absolute atomic E-state index is 5.51. The number of benzene rings is 1. The van der Waals surface area contributed by atoms with Crippen molar-refractivity contribution in [3.8, 4) is 5.75 Å². The van der Waals surface area contributed by atoms with Crippen LogP contribution in [-0.2, 0) is 11.8 Å². The van der Waals surface area contributed by atoms with Gasteiger partial charge in [-0.3, -0.25) is 0 Å². The molecule has 0 spiro atoms. The van der Waals surface area contributed by atoms with Gasteiger partial charge in [0.25, 0.3) is 0 Å². The van der Waals surface area contributed by atoms with Crippen LogP contribution in [0.2, 0.25) is 0 Å². The summed E-state index contributed by atoms with van der Waals surface area (Å²) in [7, 11) is 0. The van der Waals surface area contributed by atoms with Crippen LogP contribution in [-0.4, -0.2) is 6.61 Å². The molecule has 0 heterocycles. The molecular weight excluding hydrogens is 228 g/mol. The maximum atomic E-state index is 5.51. The Kier molecular flexibility index (Phi) is 4.29. The first-order valence-corrected chi connectivity index (χ1v) is 5.74. The van der Waals surface area contributed by atoms with Gasteiger partial charge in [0.05, 0.1) is 6.61 Å². The maximum Gasteiger partial charge on any atom is 0.122 e. The second-order valence-electron chi connectivity index (χ2n) is 2.86. The van der Waals surface area contributed by atoms with Gasteiger partial charge >= 0.3 is 0 Å². The Morgan fingerprint density at radius 1 is 1.31 bits per heavy atom. The van der Waals surface area contributed by atoms with Crippen LogP contribution in [0.4, 0.5) is 0 Å². The lowest BCUT2D eigenvalue weighted by Gasteiger charge is -2.09. The van der Waals surface area contributed by atoms with Crippen LogP contribution in [0.15, 0.2) is 18.2 Å². The summed E-state index contributed by atoms with van der Waals surface area (Å²) < 4.78 is 5.51. The van der Waals surface area contributed by atoms with Gasteiger partial charge in [0, 0.05) is 5.33 Å². The SMILES string of the molecule is CCOc1ccc(CBr)cc1CC. The fourth-order valence-corrected chi connectivity index (χ4v) is 1.64. The molecule has 1 nitrogen and oxygen atoms in total. The van der Waals surface area contributed by atoms with Gasteiger partial charge < -0.3 is 4.74 Å². The van der Waals surface area contributed by atoms with E-state index in [-0.39, 0.29) is 0 Å². The molecule has 0 saturated carbocycles. The van der Waals surface area contributed by atoms with Crippen molar-refractivity contribution in [3.05, 3.63) is 29.3 Å². The lowest BCUT2D eigenvalue weighted by atomic mass is 10.1. The van der Waals surface area contributed by atoms with E-state index in [1.807, 2.05) is 6.92 Å². The van der Waals surface area contributed by atoms with Gasteiger partial charge in [-0.15, -0.1) is 0 Å². The first-order chi connectivity index (χ1) is 6.31. The predicted molar refractivity (Wildman–Crippen MR) is 59.6 cm³/mol. The molecule has 1 rings (SSSR count). The summed E-state index contributed by atoms with van der Waals surface area (Å²) in [5.74, 6) is 1.02. The number of halogens is 1. The van der Waals surface area contributed by atoms with Crippen molar-refractivity contribution in [2.24, 2.45) is 0 Å². The largest absolute Gasteiger partial charge is 0.494 e. The van der Waals surface area contributed by atoms with Crippen molar-refractivity contribution < 1.29 is 4.74 Å². The Morgan fingerprint density at radius 3 is 2.62 bits per heavy atom. The second kappa shape index (κ2) is 5.28. The van der Waals surface area contributed by atoms with Gasteiger partial charge in [-0.25, -0.2) is 0 Å². The normalized spacial score (nSPS) is 10.1. The molecule has 0 aliphatic rings. The van der Waals surface area contributed by atoms with Crippen LogP contribution in [0.3, 0.4) is 0 Å². The number of ether oxygens (including phenoxy) is 1. The van der Waals surface area contributed by atoms with Gasteiger partial charge in [-0.2, -0.15) is 0 Å². The van der Waals surface area contributed by atoms with E-state index in [9.17, 15) is 0 Å². The first kappa shape index (κ1) is 10.6. The van der Waals surface area contributed by atoms with Gasteiger partial charge in [0.15, 0.2) is 0 Å². The van der Waals surface area contributed by atoms with E-state index in [2.05, 4.69) is 41.1 Å². The molecule has 0 radical (unpaired) electrons. The monoisotopic (exact) mass is 242 g/mol. The minimum atomic E-state index is 0.737. The Labute approximate surface area is 88.2 Å². The van der Waals surface area contributed by atoms with Gasteiger partial charge in [0.1, 0.15) is 5.75 Å². The lowest BCUT2D eigenvalue weighted by molar-refractivity contribution is 0.337. The molecule has 0 aromatic heterocycles. The smallest absolute Gasteiger partial charge is 0.122 e. The minimum absolute atomic E-state index is 0.737. The molecule has 2 heteroatoms. The van der Waals surface area contributed by atoms with Crippen LogP contribution in [0.5, 0.6) is 5.75 Å². The summed E-state index contributed by atoms with van der Waals surface area (Å²) in [5.41, 5.74) is 2.60. The van der Waals surface area contributed by atoms with Crippen LogP contribution in [0, 0.1) is 0 Å². The van der Waals surface area contributed by atoms with E-state index in [0.29, 0.717) is 0 Å². The third-order valence-corrected chi connectivity index (χ3v) is 2.61. The quantitative estimate of drug-likeness (QED) is 0.735. The number of alkyl halides is 1. The van der Waals surface area contributed by atoms with E-state index in [0.717, 1.165) is 24.1 Å². The molecule has 0 aliphatic heterocycles. The average molecular weight is 243 g/mol.